The van der Waals surface area contributed by atoms with Gasteiger partial charge in [0.1, 0.15) is 30.2 Å². The topological polar surface area (TPSA) is 338 Å². The zero-order chi connectivity index (χ0) is 25.8. The quantitative estimate of drug-likeness (QED) is 0.132. The molecule has 3 rings (SSSR count). The van der Waals surface area contributed by atoms with E-state index >= 15 is 0 Å². The highest BCUT2D eigenvalue weighted by molar-refractivity contribution is 7.79. The average molecular weight is 543 g/mol. The van der Waals surface area contributed by atoms with E-state index in [9.17, 15) is 14.8 Å². The molecule has 1 saturated heterocycles. The van der Waals surface area contributed by atoms with Crippen molar-refractivity contribution >= 4 is 43.0 Å². The van der Waals surface area contributed by atoms with E-state index in [0.29, 0.717) is 5.52 Å². The van der Waals surface area contributed by atoms with Crippen molar-refractivity contribution in [2.75, 3.05) is 12.3 Å². The third-order valence-corrected chi connectivity index (χ3v) is 3.89. The molecule has 20 nitrogen and oxygen atoms in total. The van der Waals surface area contributed by atoms with E-state index < -0.39 is 57.2 Å². The summed E-state index contributed by atoms with van der Waals surface area (Å²) >= 11 is 0. The van der Waals surface area contributed by atoms with E-state index in [1.165, 1.54) is 17.2 Å². The van der Waals surface area contributed by atoms with Gasteiger partial charge in [0.15, 0.2) is 17.7 Å². The molecule has 1 aliphatic rings. The van der Waals surface area contributed by atoms with Gasteiger partial charge in [-0.25, -0.2) is 24.1 Å². The van der Waals surface area contributed by atoms with Gasteiger partial charge in [0.2, 0.25) is 0 Å². The number of rotatable bonds is 4. The number of fused-ring (bicyclic) bond motifs is 1. The van der Waals surface area contributed by atoms with Crippen molar-refractivity contribution in [2.45, 2.75) is 24.5 Å². The number of nitrogens with zero attached hydrogens (tertiary/aromatic N) is 4. The number of imidazole rings is 1. The smallest absolute Gasteiger partial charge is 0.387 e. The Morgan fingerprint density at radius 3 is 2.06 bits per heavy atom. The van der Waals surface area contributed by atoms with Crippen molar-refractivity contribution < 1.29 is 70.6 Å². The second kappa shape index (κ2) is 11.2. The number of nitrogens with two attached hydrogens (primary N) is 1. The largest absolute Gasteiger partial charge is 0.469 e. The number of ether oxygens (including phenoxy) is 1. The van der Waals surface area contributed by atoms with Crippen LogP contribution in [0.5, 0.6) is 0 Å². The van der Waals surface area contributed by atoms with Gasteiger partial charge in [-0.05, 0) is 0 Å². The summed E-state index contributed by atoms with van der Waals surface area (Å²) in [6, 6.07) is 0. The van der Waals surface area contributed by atoms with Gasteiger partial charge < -0.3 is 45.2 Å². The Morgan fingerprint density at radius 2 is 1.58 bits per heavy atom. The van der Waals surface area contributed by atoms with E-state index in [2.05, 4.69) is 19.5 Å². The minimum Gasteiger partial charge on any atom is -0.387 e. The first-order valence-corrected chi connectivity index (χ1v) is 12.4. The highest BCUT2D eigenvalue weighted by atomic mass is 32.3. The molecule has 2 aromatic rings. The molecule has 0 amide bonds. The van der Waals surface area contributed by atoms with Crippen LogP contribution >= 0.6 is 15.6 Å². The van der Waals surface area contributed by atoms with Crippen LogP contribution in [0.15, 0.2) is 12.7 Å². The predicted octanol–water partition coefficient (Wildman–Crippen LogP) is -3.44. The van der Waals surface area contributed by atoms with Gasteiger partial charge in [-0.15, -0.1) is 0 Å². The first-order chi connectivity index (χ1) is 14.8. The molecule has 190 valence electrons. The van der Waals surface area contributed by atoms with Crippen molar-refractivity contribution in [1.29, 1.82) is 0 Å². The SMILES string of the molecule is Nc1ncnc2c1ncn2[C@@H]1O[C@H](COP(=O)(O)O)[C@@H](O)[C@H]1O.O=P(O)(O)O.O=S(=O)(O)O. The first-order valence-electron chi connectivity index (χ1n) is 7.91. The van der Waals surface area contributed by atoms with Crippen molar-refractivity contribution in [3.05, 3.63) is 12.7 Å². The van der Waals surface area contributed by atoms with Gasteiger partial charge in [-0.1, -0.05) is 0 Å². The maximum absolute atomic E-state index is 10.7. The number of hydrogen-bond acceptors (Lipinski definition) is 12. The summed E-state index contributed by atoms with van der Waals surface area (Å²) in [4.78, 5) is 50.8. The van der Waals surface area contributed by atoms with Crippen LogP contribution < -0.4 is 5.73 Å². The van der Waals surface area contributed by atoms with Crippen LogP contribution in [-0.4, -0.2) is 96.6 Å². The van der Waals surface area contributed by atoms with Crippen molar-refractivity contribution in [2.24, 2.45) is 0 Å². The fourth-order valence-corrected chi connectivity index (χ4v) is 2.66. The van der Waals surface area contributed by atoms with E-state index in [1.807, 2.05) is 0 Å². The lowest BCUT2D eigenvalue weighted by Gasteiger charge is -2.16. The van der Waals surface area contributed by atoms with E-state index in [4.69, 9.17) is 57.0 Å². The number of hydrogen-bond donors (Lipinski definition) is 10. The van der Waals surface area contributed by atoms with Gasteiger partial charge in [0, 0.05) is 0 Å². The number of nitrogen functional groups attached to an aromatic ring is 1. The second-order valence-corrected chi connectivity index (χ2v) is 9.04. The summed E-state index contributed by atoms with van der Waals surface area (Å²) in [5.41, 5.74) is 6.25. The number of phosphoric ester groups is 1. The third kappa shape index (κ3) is 10.9. The fraction of sp³-hybridized carbons (Fsp3) is 0.500. The molecule has 0 aliphatic carbocycles. The summed E-state index contributed by atoms with van der Waals surface area (Å²) in [5, 5.41) is 20.1. The van der Waals surface area contributed by atoms with Crippen LogP contribution in [0.3, 0.4) is 0 Å². The monoisotopic (exact) mass is 543 g/mol. The molecule has 11 N–H and O–H groups in total. The normalized spacial score (nSPS) is 23.4. The minimum atomic E-state index is -4.72. The van der Waals surface area contributed by atoms with Gasteiger partial charge in [-0.2, -0.15) is 8.42 Å². The van der Waals surface area contributed by atoms with Crippen LogP contribution in [0.1, 0.15) is 6.23 Å². The van der Waals surface area contributed by atoms with Crippen molar-refractivity contribution in [3.63, 3.8) is 0 Å². The molecule has 0 spiro atoms. The molecule has 0 bridgehead atoms. The minimum absolute atomic E-state index is 0.142. The van der Waals surface area contributed by atoms with Crippen LogP contribution in [0.25, 0.3) is 11.2 Å². The molecule has 1 fully saturated rings. The summed E-state index contributed by atoms with van der Waals surface area (Å²) in [5.74, 6) is 0.142. The highest BCUT2D eigenvalue weighted by Gasteiger charge is 2.45. The molecule has 0 radical (unpaired) electrons. The lowest BCUT2D eigenvalue weighted by atomic mass is 10.1. The Labute approximate surface area is 183 Å². The number of aliphatic hydroxyl groups is 2. The molecular weight excluding hydrogens is 524 g/mol. The lowest BCUT2D eigenvalue weighted by Crippen LogP contribution is -2.33. The number of aromatic nitrogens is 4. The molecule has 1 aliphatic heterocycles. The summed E-state index contributed by atoms with van der Waals surface area (Å²) in [6.45, 7) is -0.594. The van der Waals surface area contributed by atoms with E-state index in [-0.39, 0.29) is 11.5 Å². The summed E-state index contributed by atoms with van der Waals surface area (Å²) in [7, 11) is -14.0. The number of aliphatic hydroxyl groups excluding tert-OH is 2. The summed E-state index contributed by atoms with van der Waals surface area (Å²) < 4.78 is 62.3. The first kappa shape index (κ1) is 29.4. The molecule has 33 heavy (non-hydrogen) atoms. The van der Waals surface area contributed by atoms with Crippen LogP contribution in [0.4, 0.5) is 5.82 Å². The standard InChI is InChI=1S/C10H14N5O7P.H3O4P.H2O4S/c11-8-5-9(13-2-12-8)15(3-14-5)10-7(17)6(16)4(22-10)1-21-23(18,19)20;2*1-5(2,3)4/h2-4,6-7,10,16-17H,1H2,(H2,11,12,13)(H2,18,19,20);(H3,1,2,3,4);(H2,1,2,3,4)/t4-,6-,7-,10-;;/m1../s1. The number of anilines is 1. The Bertz CT molecular complexity index is 1120. The number of phosphoric acid groups is 2. The van der Waals surface area contributed by atoms with Crippen LogP contribution in [0, 0.1) is 0 Å². The van der Waals surface area contributed by atoms with Gasteiger partial charge in [0.05, 0.1) is 12.9 Å². The van der Waals surface area contributed by atoms with Crippen LogP contribution in [-0.2, 0) is 28.8 Å². The fourth-order valence-electron chi connectivity index (χ4n) is 2.32. The van der Waals surface area contributed by atoms with Gasteiger partial charge in [0.25, 0.3) is 0 Å². The third-order valence-electron chi connectivity index (χ3n) is 3.41. The predicted molar refractivity (Wildman–Crippen MR) is 102 cm³/mol. The molecule has 2 aromatic heterocycles. The molecule has 0 aromatic carbocycles. The maximum Gasteiger partial charge on any atom is 0.469 e. The summed E-state index contributed by atoms with van der Waals surface area (Å²) in [6.07, 6.45) is -2.49. The zero-order valence-electron chi connectivity index (χ0n) is 15.8. The maximum atomic E-state index is 10.7. The average Bonchev–Trinajstić information content (AvgIpc) is 3.13. The zero-order valence-corrected chi connectivity index (χ0v) is 18.4. The van der Waals surface area contributed by atoms with Gasteiger partial charge >= 0.3 is 26.0 Å². The van der Waals surface area contributed by atoms with Crippen molar-refractivity contribution in [1.82, 2.24) is 19.5 Å². The highest BCUT2D eigenvalue weighted by Crippen LogP contribution is 2.38. The molecule has 23 heteroatoms. The Hall–Kier alpha value is -1.68. The van der Waals surface area contributed by atoms with Crippen LogP contribution in [0.2, 0.25) is 0 Å². The molecule has 0 saturated carbocycles. The molecule has 0 unspecified atom stereocenters. The Kier molecular flexibility index (Phi) is 9.93. The van der Waals surface area contributed by atoms with Crippen molar-refractivity contribution in [3.8, 4) is 0 Å². The molecular formula is C10H19N5O15P2S. The van der Waals surface area contributed by atoms with E-state index in [0.717, 1.165) is 0 Å². The Morgan fingerprint density at radius 1 is 1.06 bits per heavy atom. The molecule has 3 heterocycles. The lowest BCUT2D eigenvalue weighted by molar-refractivity contribution is -0.0504. The van der Waals surface area contributed by atoms with Gasteiger partial charge in [-0.3, -0.25) is 18.2 Å². The second-order valence-electron chi connectivity index (χ2n) is 5.88. The Balaban J connectivity index is 0.000000460. The van der Waals surface area contributed by atoms with E-state index in [1.54, 1.807) is 0 Å². The molecule has 4 atom stereocenters.